The Labute approximate surface area is 146 Å². The van der Waals surface area contributed by atoms with Gasteiger partial charge in [-0.2, -0.15) is 0 Å². The third-order valence-corrected chi connectivity index (χ3v) is 5.38. The van der Waals surface area contributed by atoms with Gasteiger partial charge in [0.25, 0.3) is 0 Å². The molecule has 5 heteroatoms. The molecule has 1 unspecified atom stereocenters. The lowest BCUT2D eigenvalue weighted by atomic mass is 10.0. The molecular formula is C18H20ClN3S. The number of piperazine rings is 1. The lowest BCUT2D eigenvalue weighted by molar-refractivity contribution is 0.155. The molecule has 0 bridgehead atoms. The summed E-state index contributed by atoms with van der Waals surface area (Å²) in [6, 6.07) is 15.7. The first kappa shape index (κ1) is 16.4. The zero-order chi connectivity index (χ0) is 14.8. The maximum absolute atomic E-state index is 4.14. The Morgan fingerprint density at radius 1 is 1.17 bits per heavy atom. The third kappa shape index (κ3) is 3.56. The zero-order valence-corrected chi connectivity index (χ0v) is 14.4. The molecule has 1 aromatic carbocycles. The second-order valence-electron chi connectivity index (χ2n) is 5.72. The van der Waals surface area contributed by atoms with Crippen molar-refractivity contribution in [2.45, 2.75) is 12.6 Å². The van der Waals surface area contributed by atoms with Gasteiger partial charge >= 0.3 is 0 Å². The molecule has 1 N–H and O–H groups in total. The van der Waals surface area contributed by atoms with Crippen LogP contribution in [0, 0.1) is 0 Å². The van der Waals surface area contributed by atoms with E-state index in [4.69, 9.17) is 0 Å². The number of nitrogens with zero attached hydrogens (tertiary/aromatic N) is 2. The SMILES string of the molecule is Cl.c1ccc2sc(CN3CCNCC3c3ccncc3)cc2c1. The predicted octanol–water partition coefficient (Wildman–Crippen LogP) is 3.86. The monoisotopic (exact) mass is 345 g/mol. The number of hydrogen-bond donors (Lipinski definition) is 1. The molecule has 1 aliphatic rings. The van der Waals surface area contributed by atoms with Crippen molar-refractivity contribution in [1.29, 1.82) is 0 Å². The lowest BCUT2D eigenvalue weighted by Gasteiger charge is -2.36. The Morgan fingerprint density at radius 3 is 2.83 bits per heavy atom. The van der Waals surface area contributed by atoms with Crippen LogP contribution in [0.3, 0.4) is 0 Å². The molecule has 1 saturated heterocycles. The number of nitrogens with one attached hydrogen (secondary N) is 1. The predicted molar refractivity (Wildman–Crippen MR) is 99.3 cm³/mol. The Bertz CT molecular complexity index is 726. The second kappa shape index (κ2) is 7.41. The van der Waals surface area contributed by atoms with Crippen LogP contribution >= 0.6 is 23.7 Å². The normalized spacial score (nSPS) is 18.7. The van der Waals surface area contributed by atoms with Crippen LogP contribution in [-0.4, -0.2) is 29.5 Å². The molecular weight excluding hydrogens is 326 g/mol. The molecule has 1 atom stereocenters. The summed E-state index contributed by atoms with van der Waals surface area (Å²) in [7, 11) is 0. The van der Waals surface area contributed by atoms with Gasteiger partial charge in [-0.3, -0.25) is 9.88 Å². The highest BCUT2D eigenvalue weighted by molar-refractivity contribution is 7.19. The number of hydrogen-bond acceptors (Lipinski definition) is 4. The van der Waals surface area contributed by atoms with Gasteiger partial charge in [0.15, 0.2) is 0 Å². The van der Waals surface area contributed by atoms with E-state index < -0.39 is 0 Å². The second-order valence-corrected chi connectivity index (χ2v) is 6.89. The minimum Gasteiger partial charge on any atom is -0.314 e. The fourth-order valence-corrected chi connectivity index (χ4v) is 4.25. The Morgan fingerprint density at radius 2 is 2.00 bits per heavy atom. The first-order valence-corrected chi connectivity index (χ1v) is 8.54. The maximum Gasteiger partial charge on any atom is 0.0478 e. The summed E-state index contributed by atoms with van der Waals surface area (Å²) in [4.78, 5) is 8.17. The average molecular weight is 346 g/mol. The number of halogens is 1. The van der Waals surface area contributed by atoms with E-state index in [0.717, 1.165) is 26.2 Å². The van der Waals surface area contributed by atoms with Gasteiger partial charge in [-0.15, -0.1) is 23.7 Å². The summed E-state index contributed by atoms with van der Waals surface area (Å²) < 4.78 is 1.38. The smallest absolute Gasteiger partial charge is 0.0478 e. The topological polar surface area (TPSA) is 28.2 Å². The van der Waals surface area contributed by atoms with E-state index >= 15 is 0 Å². The number of pyridine rings is 1. The highest BCUT2D eigenvalue weighted by Crippen LogP contribution is 2.29. The summed E-state index contributed by atoms with van der Waals surface area (Å²) >= 11 is 1.91. The van der Waals surface area contributed by atoms with E-state index in [-0.39, 0.29) is 12.4 Å². The highest BCUT2D eigenvalue weighted by Gasteiger charge is 2.24. The summed E-state index contributed by atoms with van der Waals surface area (Å²) in [5.74, 6) is 0. The molecule has 0 aliphatic carbocycles. The van der Waals surface area contributed by atoms with Crippen LogP contribution in [0.4, 0.5) is 0 Å². The molecule has 120 valence electrons. The van der Waals surface area contributed by atoms with Crippen molar-refractivity contribution in [2.75, 3.05) is 19.6 Å². The number of benzene rings is 1. The molecule has 0 radical (unpaired) electrons. The minimum absolute atomic E-state index is 0. The summed E-state index contributed by atoms with van der Waals surface area (Å²) in [6.45, 7) is 4.18. The van der Waals surface area contributed by atoms with Crippen LogP contribution < -0.4 is 5.32 Å². The van der Waals surface area contributed by atoms with Crippen LogP contribution in [0.1, 0.15) is 16.5 Å². The van der Waals surface area contributed by atoms with E-state index in [1.54, 1.807) is 0 Å². The fraction of sp³-hybridized carbons (Fsp3) is 0.278. The number of thiophene rings is 1. The van der Waals surface area contributed by atoms with Gasteiger partial charge in [-0.1, -0.05) is 18.2 Å². The standard InChI is InChI=1S/C18H19N3S.ClH/c1-2-4-18-15(3-1)11-16(22-18)13-21-10-9-20-12-17(21)14-5-7-19-8-6-14;/h1-8,11,17,20H,9-10,12-13H2;1H. The number of aromatic nitrogens is 1. The van der Waals surface area contributed by atoms with E-state index in [1.807, 2.05) is 23.7 Å². The Hall–Kier alpha value is -1.46. The summed E-state index contributed by atoms with van der Waals surface area (Å²) in [5.41, 5.74) is 1.35. The lowest BCUT2D eigenvalue weighted by Crippen LogP contribution is -2.45. The molecule has 3 aromatic rings. The van der Waals surface area contributed by atoms with Crippen molar-refractivity contribution in [2.24, 2.45) is 0 Å². The first-order valence-electron chi connectivity index (χ1n) is 7.72. The van der Waals surface area contributed by atoms with Crippen molar-refractivity contribution in [1.82, 2.24) is 15.2 Å². The van der Waals surface area contributed by atoms with Crippen LogP contribution in [0.25, 0.3) is 10.1 Å². The molecule has 4 rings (SSSR count). The first-order chi connectivity index (χ1) is 10.9. The van der Waals surface area contributed by atoms with Crippen molar-refractivity contribution < 1.29 is 0 Å². The summed E-state index contributed by atoms with van der Waals surface area (Å²) in [5, 5.41) is 4.88. The van der Waals surface area contributed by atoms with Gasteiger partial charge in [0.1, 0.15) is 0 Å². The average Bonchev–Trinajstić information content (AvgIpc) is 2.98. The number of rotatable bonds is 3. The van der Waals surface area contributed by atoms with Gasteiger partial charge in [0, 0.05) is 54.2 Å². The van der Waals surface area contributed by atoms with Crippen molar-refractivity contribution in [3.8, 4) is 0 Å². The summed E-state index contributed by atoms with van der Waals surface area (Å²) in [6.07, 6.45) is 3.78. The molecule has 0 spiro atoms. The van der Waals surface area contributed by atoms with E-state index in [9.17, 15) is 0 Å². The molecule has 2 aromatic heterocycles. The maximum atomic E-state index is 4.14. The van der Waals surface area contributed by atoms with Gasteiger partial charge in [0.2, 0.25) is 0 Å². The third-order valence-electron chi connectivity index (χ3n) is 4.28. The quantitative estimate of drug-likeness (QED) is 0.781. The Kier molecular flexibility index (Phi) is 5.28. The van der Waals surface area contributed by atoms with Crippen molar-refractivity contribution >= 4 is 33.8 Å². The molecule has 1 aliphatic heterocycles. The molecule has 3 heterocycles. The Balaban J connectivity index is 0.00000156. The van der Waals surface area contributed by atoms with Crippen LogP contribution in [-0.2, 0) is 6.54 Å². The molecule has 0 amide bonds. The van der Waals surface area contributed by atoms with Gasteiger partial charge in [-0.25, -0.2) is 0 Å². The van der Waals surface area contributed by atoms with Crippen LogP contribution in [0.15, 0.2) is 54.9 Å². The van der Waals surface area contributed by atoms with E-state index in [0.29, 0.717) is 6.04 Å². The van der Waals surface area contributed by atoms with Gasteiger partial charge in [-0.05, 0) is 35.2 Å². The van der Waals surface area contributed by atoms with Crippen LogP contribution in [0.2, 0.25) is 0 Å². The van der Waals surface area contributed by atoms with Crippen LogP contribution in [0.5, 0.6) is 0 Å². The number of fused-ring (bicyclic) bond motifs is 1. The fourth-order valence-electron chi connectivity index (χ4n) is 3.16. The highest BCUT2D eigenvalue weighted by atomic mass is 35.5. The van der Waals surface area contributed by atoms with E-state index in [2.05, 4.69) is 57.7 Å². The molecule has 3 nitrogen and oxygen atoms in total. The van der Waals surface area contributed by atoms with E-state index in [1.165, 1.54) is 20.5 Å². The molecule has 1 fully saturated rings. The largest absolute Gasteiger partial charge is 0.314 e. The van der Waals surface area contributed by atoms with Crippen molar-refractivity contribution in [3.05, 3.63) is 65.3 Å². The van der Waals surface area contributed by atoms with Crippen molar-refractivity contribution in [3.63, 3.8) is 0 Å². The van der Waals surface area contributed by atoms with Gasteiger partial charge in [0.05, 0.1) is 0 Å². The zero-order valence-electron chi connectivity index (χ0n) is 12.8. The van der Waals surface area contributed by atoms with Gasteiger partial charge < -0.3 is 5.32 Å². The molecule has 0 saturated carbocycles. The molecule has 23 heavy (non-hydrogen) atoms. The minimum atomic E-state index is 0.